The van der Waals surface area contributed by atoms with Gasteiger partial charge in [-0.3, -0.25) is 53.5 Å². The number of carbonyl (C=O) groups is 10. The smallest absolute Gasteiger partial charge is 0.407 e. The number of guanidine groups is 1. The maximum atomic E-state index is 13.7. The van der Waals surface area contributed by atoms with E-state index in [4.69, 9.17) is 20.9 Å². The number of aliphatic imine (C=N–C) groups is 1. The molecule has 0 saturated heterocycles. The van der Waals surface area contributed by atoms with Crippen LogP contribution in [0.2, 0.25) is 0 Å². The molecule has 0 spiro atoms. The normalized spacial score (nSPS) is 14.1. The Hall–Kier alpha value is -9.25. The highest BCUT2D eigenvalue weighted by atomic mass is 16.6. The Morgan fingerprint density at radius 3 is 1.78 bits per heavy atom. The number of nitro benzene ring substituents is 1. The number of amides is 8. The minimum absolute atomic E-state index is 0.0338. The highest BCUT2D eigenvalue weighted by Crippen LogP contribution is 2.44. The Morgan fingerprint density at radius 2 is 1.24 bits per heavy atom. The molecule has 3 aromatic rings. The third-order valence-electron chi connectivity index (χ3n) is 11.9. The van der Waals surface area contributed by atoms with Gasteiger partial charge in [0.1, 0.15) is 48.6 Å². The molecule has 0 fully saturated rings. The van der Waals surface area contributed by atoms with Gasteiger partial charge in [0, 0.05) is 24.6 Å². The molecule has 7 atom stereocenters. The van der Waals surface area contributed by atoms with E-state index in [0.717, 1.165) is 41.3 Å². The van der Waals surface area contributed by atoms with Gasteiger partial charge in [0.05, 0.1) is 37.1 Å². The first-order chi connectivity index (χ1) is 37.4. The van der Waals surface area contributed by atoms with Crippen LogP contribution in [0.1, 0.15) is 64.0 Å². The minimum Gasteiger partial charge on any atom is -0.481 e. The zero-order chi connectivity index (χ0) is 58.5. The summed E-state index contributed by atoms with van der Waals surface area (Å²) in [6.07, 6.45) is -3.59. The summed E-state index contributed by atoms with van der Waals surface area (Å²) < 4.78 is 10.8. The number of non-ortho nitro benzene ring substituents is 1. The molecule has 29 heteroatoms. The van der Waals surface area contributed by atoms with Gasteiger partial charge in [-0.1, -0.05) is 62.4 Å². The van der Waals surface area contributed by atoms with Crippen molar-refractivity contribution in [1.29, 1.82) is 0 Å². The standard InChI is InChI=1S/C50H64N12O17/c1-25(2)41(48(74)79-29-17-15-28(16-18-29)62(76)77)60-39(66)22-54-43(69)26(3)56-46(72)37(23-63)58-45(71)36(20-40(67)68)57-38(65)21-55-47(73)42(27(4)64)61-44(70)35(14-9-19-53-49(51)52)59-50(75)78-24-34-32-12-7-5-10-30(32)31-11-6-8-13-33(31)34/h5-8,10-13,15-18,25-27,34-37,41-42,63-64H,9,14,19-24H2,1-4H3,(H,54,69)(H,55,73)(H,56,72)(H,57,65)(H,58,71)(H,59,75)(H,60,66)(H,61,70)(H,67,68)(H4,51,52,53)/t26-,27+,35-,36-,37-,41-,42-/m0/s1. The molecule has 3 aromatic carbocycles. The van der Waals surface area contributed by atoms with Crippen LogP contribution in [0.3, 0.4) is 0 Å². The van der Waals surface area contributed by atoms with Crippen molar-refractivity contribution in [2.24, 2.45) is 22.4 Å². The number of nitro groups is 1. The lowest BCUT2D eigenvalue weighted by atomic mass is 9.98. The lowest BCUT2D eigenvalue weighted by Gasteiger charge is -2.25. The predicted molar refractivity (Wildman–Crippen MR) is 278 cm³/mol. The van der Waals surface area contributed by atoms with Crippen LogP contribution in [0.25, 0.3) is 11.1 Å². The largest absolute Gasteiger partial charge is 0.481 e. The zero-order valence-electron chi connectivity index (χ0n) is 43.4. The first kappa shape index (κ1) is 62.3. The molecule has 0 radical (unpaired) electrons. The quantitative estimate of drug-likeness (QED) is 0.00658. The molecule has 0 bridgehead atoms. The summed E-state index contributed by atoms with van der Waals surface area (Å²) in [6, 6.07) is 10.3. The Bertz CT molecular complexity index is 2710. The van der Waals surface area contributed by atoms with E-state index in [1.807, 2.05) is 48.5 Å². The van der Waals surface area contributed by atoms with E-state index in [-0.39, 0.29) is 49.3 Å². The van der Waals surface area contributed by atoms with Crippen LogP contribution < -0.4 is 58.7 Å². The van der Waals surface area contributed by atoms with Gasteiger partial charge in [0.15, 0.2) is 5.96 Å². The number of carboxylic acid groups (broad SMARTS) is 1. The van der Waals surface area contributed by atoms with Crippen molar-refractivity contribution < 1.29 is 77.7 Å². The number of aliphatic hydroxyl groups is 2. The van der Waals surface area contributed by atoms with Gasteiger partial charge in [0.25, 0.3) is 5.69 Å². The van der Waals surface area contributed by atoms with E-state index < -0.39 is 139 Å². The Morgan fingerprint density at radius 1 is 0.684 bits per heavy atom. The number of hydrogen-bond acceptors (Lipinski definition) is 17. The average Bonchev–Trinajstić information content (AvgIpc) is 3.75. The van der Waals surface area contributed by atoms with E-state index in [1.165, 1.54) is 19.1 Å². The molecule has 1 aliphatic carbocycles. The van der Waals surface area contributed by atoms with Gasteiger partial charge in [-0.05, 0) is 67.0 Å². The maximum absolute atomic E-state index is 13.7. The summed E-state index contributed by atoms with van der Waals surface area (Å²) in [5, 5.41) is 58.9. The number of alkyl carbamates (subject to hydrolysis) is 1. The van der Waals surface area contributed by atoms with Crippen molar-refractivity contribution in [2.75, 3.05) is 32.8 Å². The topological polar surface area (TPSA) is 454 Å². The van der Waals surface area contributed by atoms with Crippen molar-refractivity contribution in [3.8, 4) is 16.9 Å². The van der Waals surface area contributed by atoms with E-state index in [1.54, 1.807) is 13.8 Å². The fourth-order valence-electron chi connectivity index (χ4n) is 7.82. The van der Waals surface area contributed by atoms with E-state index >= 15 is 0 Å². The Balaban J connectivity index is 1.29. The number of benzene rings is 3. The number of carboxylic acids is 1. The molecule has 1 aliphatic rings. The van der Waals surface area contributed by atoms with Crippen molar-refractivity contribution >= 4 is 71.0 Å². The molecule has 0 aliphatic heterocycles. The summed E-state index contributed by atoms with van der Waals surface area (Å²) >= 11 is 0. The first-order valence-corrected chi connectivity index (χ1v) is 24.6. The van der Waals surface area contributed by atoms with Crippen LogP contribution >= 0.6 is 0 Å². The van der Waals surface area contributed by atoms with Gasteiger partial charge in [-0.15, -0.1) is 0 Å². The molecule has 15 N–H and O–H groups in total. The van der Waals surface area contributed by atoms with Crippen LogP contribution in [0, 0.1) is 16.0 Å². The number of rotatable bonds is 29. The van der Waals surface area contributed by atoms with E-state index in [9.17, 15) is 73.4 Å². The number of fused-ring (bicyclic) bond motifs is 3. The summed E-state index contributed by atoms with van der Waals surface area (Å²) in [6.45, 7) is 2.68. The Kier molecular flexibility index (Phi) is 23.6. The number of nitrogens with two attached hydrogens (primary N) is 2. The predicted octanol–water partition coefficient (Wildman–Crippen LogP) is -2.36. The average molecular weight is 1110 g/mol. The minimum atomic E-state index is -1.93. The van der Waals surface area contributed by atoms with Gasteiger partial charge in [-0.25, -0.2) is 9.59 Å². The van der Waals surface area contributed by atoms with Gasteiger partial charge in [0.2, 0.25) is 41.4 Å². The fraction of sp³-hybridized carbons (Fsp3) is 0.420. The summed E-state index contributed by atoms with van der Waals surface area (Å²) in [4.78, 5) is 144. The number of carbonyl (C=O) groups excluding carboxylic acids is 9. The molecule has 0 unspecified atom stereocenters. The molecule has 8 amide bonds. The van der Waals surface area contributed by atoms with Crippen molar-refractivity contribution in [1.82, 2.24) is 42.5 Å². The second-order valence-corrected chi connectivity index (χ2v) is 18.3. The van der Waals surface area contributed by atoms with E-state index in [2.05, 4.69) is 47.5 Å². The van der Waals surface area contributed by atoms with Crippen LogP contribution in [-0.2, 0) is 47.9 Å². The lowest BCUT2D eigenvalue weighted by molar-refractivity contribution is -0.384. The molecular weight excluding hydrogens is 1040 g/mol. The molecule has 426 valence electrons. The molecule has 0 saturated carbocycles. The molecule has 29 nitrogen and oxygen atoms in total. The summed E-state index contributed by atoms with van der Waals surface area (Å²) in [5.41, 5.74) is 14.4. The number of ether oxygens (including phenoxy) is 2. The van der Waals surface area contributed by atoms with E-state index in [0.29, 0.717) is 0 Å². The number of hydrogen-bond donors (Lipinski definition) is 13. The molecule has 79 heavy (non-hydrogen) atoms. The van der Waals surface area contributed by atoms with Crippen molar-refractivity contribution in [3.63, 3.8) is 0 Å². The highest BCUT2D eigenvalue weighted by Gasteiger charge is 2.34. The van der Waals surface area contributed by atoms with Crippen molar-refractivity contribution in [3.05, 3.63) is 94.0 Å². The zero-order valence-corrected chi connectivity index (χ0v) is 43.4. The maximum Gasteiger partial charge on any atom is 0.407 e. The first-order valence-electron chi connectivity index (χ1n) is 24.6. The van der Waals surface area contributed by atoms with Crippen molar-refractivity contribution in [2.45, 2.75) is 95.2 Å². The molecule has 0 aromatic heterocycles. The van der Waals surface area contributed by atoms with Gasteiger partial charge >= 0.3 is 18.0 Å². The van der Waals surface area contributed by atoms with Crippen LogP contribution in [0.5, 0.6) is 5.75 Å². The number of aliphatic hydroxyl groups excluding tert-OH is 2. The molecule has 0 heterocycles. The SMILES string of the molecule is CC(C)[C@H](NC(=O)CNC(=O)[C@H](C)NC(=O)[C@H](CO)NC(=O)[C@H](CC(=O)O)NC(=O)CNC(=O)[C@@H](NC(=O)[C@H](CCCN=C(N)N)NC(=O)OCC1c2ccccc2-c2ccccc21)[C@@H](C)O)C(=O)Oc1ccc([N+](=O)[O-])cc1. The second kappa shape index (κ2) is 29.9. The molecule has 4 rings (SSSR count). The Labute approximate surface area is 451 Å². The molecular formula is C50H64N12O17. The number of esters is 1. The number of nitrogens with one attached hydrogen (secondary N) is 8. The monoisotopic (exact) mass is 1100 g/mol. The van der Waals surface area contributed by atoms with Crippen LogP contribution in [0.15, 0.2) is 77.8 Å². The van der Waals surface area contributed by atoms with Crippen LogP contribution in [-0.4, -0.2) is 161 Å². The number of nitrogens with zero attached hydrogens (tertiary/aromatic N) is 2. The fourth-order valence-corrected chi connectivity index (χ4v) is 7.82. The summed E-state index contributed by atoms with van der Waals surface area (Å²) in [7, 11) is 0. The highest BCUT2D eigenvalue weighted by molar-refractivity contribution is 5.98. The number of aliphatic carboxylic acids is 1. The van der Waals surface area contributed by atoms with Gasteiger partial charge < -0.3 is 78.8 Å². The summed E-state index contributed by atoms with van der Waals surface area (Å²) in [5.74, 6) is -11.1. The third kappa shape index (κ3) is 19.1. The third-order valence-corrected chi connectivity index (χ3v) is 11.9. The van der Waals surface area contributed by atoms with Crippen LogP contribution in [0.4, 0.5) is 10.5 Å². The van der Waals surface area contributed by atoms with Gasteiger partial charge in [-0.2, -0.15) is 0 Å². The second-order valence-electron chi connectivity index (χ2n) is 18.3. The lowest BCUT2D eigenvalue weighted by Crippen LogP contribution is -2.59.